The molecule has 226 valence electrons. The number of hydrogen-bond acceptors (Lipinski definition) is 5. The zero-order valence-electron chi connectivity index (χ0n) is 24.0. The van der Waals surface area contributed by atoms with Crippen LogP contribution in [-0.4, -0.2) is 52.9 Å². The lowest BCUT2D eigenvalue weighted by Gasteiger charge is -2.29. The van der Waals surface area contributed by atoms with E-state index in [0.717, 1.165) is 74.6 Å². The number of alkyl halides is 3. The Balaban J connectivity index is 1.37. The van der Waals surface area contributed by atoms with Crippen LogP contribution in [0.2, 0.25) is 0 Å². The van der Waals surface area contributed by atoms with E-state index in [2.05, 4.69) is 21.3 Å². The molecule has 0 bridgehead atoms. The molecule has 0 radical (unpaired) electrons. The van der Waals surface area contributed by atoms with Crippen molar-refractivity contribution >= 4 is 22.6 Å². The summed E-state index contributed by atoms with van der Waals surface area (Å²) in [5, 5.41) is 12.7. The summed E-state index contributed by atoms with van der Waals surface area (Å²) < 4.78 is 54.8. The number of benzene rings is 3. The van der Waals surface area contributed by atoms with Crippen LogP contribution in [0.3, 0.4) is 0 Å². The van der Waals surface area contributed by atoms with Gasteiger partial charge in [0.15, 0.2) is 0 Å². The molecule has 1 amide bonds. The van der Waals surface area contributed by atoms with Crippen LogP contribution in [0.1, 0.15) is 52.7 Å². The summed E-state index contributed by atoms with van der Waals surface area (Å²) in [6.45, 7) is 3.16. The number of fused-ring (bicyclic) bond motifs is 1. The maximum atomic E-state index is 14.3. The Kier molecular flexibility index (Phi) is 8.23. The zero-order valence-corrected chi connectivity index (χ0v) is 24.0. The van der Waals surface area contributed by atoms with Gasteiger partial charge in [-0.25, -0.2) is 9.37 Å². The van der Waals surface area contributed by atoms with Gasteiger partial charge in [0.2, 0.25) is 0 Å². The minimum atomic E-state index is -4.65. The molecular formula is C34H31F4N5O. The van der Waals surface area contributed by atoms with Crippen molar-refractivity contribution in [3.8, 4) is 17.2 Å². The quantitative estimate of drug-likeness (QED) is 0.226. The Hall–Kier alpha value is -4.49. The molecule has 10 heteroatoms. The molecule has 3 aromatic carbocycles. The third-order valence-corrected chi connectivity index (χ3v) is 8.52. The highest BCUT2D eigenvalue weighted by Crippen LogP contribution is 2.34. The summed E-state index contributed by atoms with van der Waals surface area (Å²) in [6, 6.07) is 18.8. The van der Waals surface area contributed by atoms with E-state index >= 15 is 0 Å². The van der Waals surface area contributed by atoms with Crippen LogP contribution in [0.15, 0.2) is 66.7 Å². The molecule has 2 aliphatic heterocycles. The third-order valence-electron chi connectivity index (χ3n) is 8.52. The van der Waals surface area contributed by atoms with Crippen molar-refractivity contribution in [2.45, 2.75) is 44.4 Å². The number of aromatic nitrogens is 1. The standard InChI is InChI=1S/C34H31F4N5O/c35-26-10-11-30(34(36,37)38)25(16-26)20-40-32-18-29(33(44)43-15-3-4-27(43)21-42-13-1-2-14-42)28-17-24(9-12-31(28)41-32)23-7-5-22(19-39)6-8-23/h5-12,16-18,27H,1-4,13-15,20-21H2,(H,40,41)/t27-/m0/s1. The van der Waals surface area contributed by atoms with E-state index in [9.17, 15) is 27.6 Å². The van der Waals surface area contributed by atoms with Crippen LogP contribution in [0.25, 0.3) is 22.0 Å². The number of nitrogens with zero attached hydrogens (tertiary/aromatic N) is 4. The molecule has 3 heterocycles. The fraction of sp³-hybridized carbons (Fsp3) is 0.324. The Morgan fingerprint density at radius 3 is 2.43 bits per heavy atom. The molecule has 1 N–H and O–H groups in total. The number of rotatable bonds is 7. The topological polar surface area (TPSA) is 72.3 Å². The molecule has 4 aromatic rings. The van der Waals surface area contributed by atoms with E-state index in [-0.39, 0.29) is 29.9 Å². The number of hydrogen-bond donors (Lipinski definition) is 1. The van der Waals surface area contributed by atoms with Crippen LogP contribution in [0.5, 0.6) is 0 Å². The van der Waals surface area contributed by atoms with Gasteiger partial charge < -0.3 is 15.1 Å². The first kappa shape index (κ1) is 29.6. The molecule has 6 nitrogen and oxygen atoms in total. The van der Waals surface area contributed by atoms with Gasteiger partial charge in [-0.3, -0.25) is 4.79 Å². The Bertz CT molecular complexity index is 1730. The van der Waals surface area contributed by atoms with Crippen LogP contribution in [0.4, 0.5) is 23.4 Å². The fourth-order valence-electron chi connectivity index (χ4n) is 6.29. The van der Waals surface area contributed by atoms with Crippen molar-refractivity contribution in [3.05, 3.63) is 94.8 Å². The number of carbonyl (C=O) groups is 1. The van der Waals surface area contributed by atoms with Crippen molar-refractivity contribution in [1.29, 1.82) is 5.26 Å². The second-order valence-electron chi connectivity index (χ2n) is 11.4. The summed E-state index contributed by atoms with van der Waals surface area (Å²) in [6.07, 6.45) is -0.528. The highest BCUT2D eigenvalue weighted by molar-refractivity contribution is 6.08. The molecule has 2 fully saturated rings. The predicted octanol–water partition coefficient (Wildman–Crippen LogP) is 7.24. The van der Waals surface area contributed by atoms with Crippen molar-refractivity contribution in [2.75, 3.05) is 31.5 Å². The van der Waals surface area contributed by atoms with Crippen LogP contribution < -0.4 is 5.32 Å². The molecule has 0 aliphatic carbocycles. The summed E-state index contributed by atoms with van der Waals surface area (Å²) in [7, 11) is 0. The molecule has 0 spiro atoms. The number of halogens is 4. The minimum absolute atomic E-state index is 0.0728. The Morgan fingerprint density at radius 2 is 1.70 bits per heavy atom. The van der Waals surface area contributed by atoms with Gasteiger partial charge in [0.05, 0.1) is 28.3 Å². The zero-order chi connectivity index (χ0) is 30.8. The summed E-state index contributed by atoms with van der Waals surface area (Å²) in [5.41, 5.74) is 1.95. The molecule has 1 aromatic heterocycles. The number of amides is 1. The summed E-state index contributed by atoms with van der Waals surface area (Å²) >= 11 is 0. The van der Waals surface area contributed by atoms with Crippen LogP contribution in [-0.2, 0) is 12.7 Å². The third kappa shape index (κ3) is 6.24. The monoisotopic (exact) mass is 601 g/mol. The van der Waals surface area contributed by atoms with Gasteiger partial charge in [-0.1, -0.05) is 18.2 Å². The van der Waals surface area contributed by atoms with Crippen molar-refractivity contribution in [2.24, 2.45) is 0 Å². The van der Waals surface area contributed by atoms with Gasteiger partial charge in [0.1, 0.15) is 11.6 Å². The van der Waals surface area contributed by atoms with Crippen molar-refractivity contribution in [3.63, 3.8) is 0 Å². The number of likely N-dealkylation sites (tertiary alicyclic amines) is 2. The van der Waals surface area contributed by atoms with Gasteiger partial charge in [-0.05, 0) is 104 Å². The number of pyridine rings is 1. The Labute approximate surface area is 252 Å². The molecule has 0 saturated carbocycles. The maximum Gasteiger partial charge on any atom is 0.416 e. The second-order valence-corrected chi connectivity index (χ2v) is 11.4. The first-order chi connectivity index (χ1) is 21.2. The van der Waals surface area contributed by atoms with Crippen molar-refractivity contribution in [1.82, 2.24) is 14.8 Å². The number of carbonyl (C=O) groups excluding carboxylic acids is 1. The average Bonchev–Trinajstić information content (AvgIpc) is 3.71. The molecule has 2 saturated heterocycles. The van der Waals surface area contributed by atoms with Gasteiger partial charge >= 0.3 is 6.18 Å². The molecule has 44 heavy (non-hydrogen) atoms. The first-order valence-corrected chi connectivity index (χ1v) is 14.8. The van der Waals surface area contributed by atoms with Crippen LogP contribution in [0, 0.1) is 17.1 Å². The van der Waals surface area contributed by atoms with E-state index in [1.165, 1.54) is 0 Å². The lowest BCUT2D eigenvalue weighted by molar-refractivity contribution is -0.138. The van der Waals surface area contributed by atoms with E-state index in [1.807, 2.05) is 29.2 Å². The number of nitriles is 1. The van der Waals surface area contributed by atoms with E-state index in [1.54, 1.807) is 24.3 Å². The van der Waals surface area contributed by atoms with Gasteiger partial charge in [-0.15, -0.1) is 0 Å². The maximum absolute atomic E-state index is 14.3. The van der Waals surface area contributed by atoms with E-state index < -0.39 is 17.6 Å². The number of anilines is 1. The molecule has 6 rings (SSSR count). The molecular weight excluding hydrogens is 570 g/mol. The highest BCUT2D eigenvalue weighted by atomic mass is 19.4. The summed E-state index contributed by atoms with van der Waals surface area (Å²) in [4.78, 5) is 23.2. The number of nitrogens with one attached hydrogen (secondary N) is 1. The summed E-state index contributed by atoms with van der Waals surface area (Å²) in [5.74, 6) is -0.703. The normalized spacial score (nSPS) is 17.2. The fourth-order valence-corrected chi connectivity index (χ4v) is 6.29. The van der Waals surface area contributed by atoms with Gasteiger partial charge in [0, 0.05) is 31.1 Å². The lowest BCUT2D eigenvalue weighted by Crippen LogP contribution is -2.42. The minimum Gasteiger partial charge on any atom is -0.366 e. The largest absolute Gasteiger partial charge is 0.416 e. The highest BCUT2D eigenvalue weighted by Gasteiger charge is 2.34. The van der Waals surface area contributed by atoms with Crippen LogP contribution >= 0.6 is 0 Å². The molecule has 0 unspecified atom stereocenters. The SMILES string of the molecule is N#Cc1ccc(-c2ccc3nc(NCc4cc(F)ccc4C(F)(F)F)cc(C(=O)N4CCC[C@H]4CN4CCCC4)c3c2)cc1. The molecule has 2 aliphatic rings. The first-order valence-electron chi connectivity index (χ1n) is 14.8. The lowest BCUT2D eigenvalue weighted by atomic mass is 9.99. The van der Waals surface area contributed by atoms with Gasteiger partial charge in [-0.2, -0.15) is 18.4 Å². The Morgan fingerprint density at radius 1 is 0.955 bits per heavy atom. The smallest absolute Gasteiger partial charge is 0.366 e. The predicted molar refractivity (Wildman–Crippen MR) is 160 cm³/mol. The average molecular weight is 602 g/mol. The van der Waals surface area contributed by atoms with Gasteiger partial charge in [0.25, 0.3) is 5.91 Å². The van der Waals surface area contributed by atoms with Crippen molar-refractivity contribution < 1.29 is 22.4 Å². The molecule has 1 atom stereocenters. The van der Waals surface area contributed by atoms with E-state index in [4.69, 9.17) is 0 Å². The second kappa shape index (κ2) is 12.2. The van der Waals surface area contributed by atoms with E-state index in [0.29, 0.717) is 28.6 Å².